The molecule has 4 nitrogen and oxygen atoms in total. The minimum Gasteiger partial charge on any atom is -0.309 e. The largest absolute Gasteiger partial charge is 0.309 e. The second kappa shape index (κ2) is 9.32. The van der Waals surface area contributed by atoms with E-state index in [9.17, 15) is 0 Å². The lowest BCUT2D eigenvalue weighted by Gasteiger charge is -2.40. The van der Waals surface area contributed by atoms with E-state index in [4.69, 9.17) is 4.99 Å². The lowest BCUT2D eigenvalue weighted by Crippen LogP contribution is -2.34. The highest BCUT2D eigenvalue weighted by Gasteiger charge is 2.53. The summed E-state index contributed by atoms with van der Waals surface area (Å²) in [6.45, 7) is 3.94. The van der Waals surface area contributed by atoms with Crippen LogP contribution in [0.2, 0.25) is 0 Å². The number of para-hydroxylation sites is 3. The zero-order chi connectivity index (χ0) is 29.3. The van der Waals surface area contributed by atoms with Crippen molar-refractivity contribution in [3.8, 4) is 5.69 Å². The van der Waals surface area contributed by atoms with E-state index in [1.54, 1.807) is 0 Å². The fraction of sp³-hybridized carbons (Fsp3) is 0.0250. The predicted molar refractivity (Wildman–Crippen MR) is 181 cm³/mol. The van der Waals surface area contributed by atoms with E-state index >= 15 is 0 Å². The standard InChI is InChI=1S/C40H26N4/c1-41-39(26-13-3-2-4-14-26)43-37-30-17-5-7-19-31(30)40(36(37)27-15-12-24-42-25-27)32-20-8-10-23-35(32)44-34-22-9-6-16-28(34)29-18-11-21-33(40)38(29)44/h2-25H,1H2/b43-39-. The molecule has 1 unspecified atom stereocenters. The minimum absolute atomic E-state index is 0.588. The third-order valence-corrected chi connectivity index (χ3v) is 9.20. The van der Waals surface area contributed by atoms with Crippen LogP contribution in [0.4, 0.5) is 0 Å². The van der Waals surface area contributed by atoms with Gasteiger partial charge in [0.25, 0.3) is 0 Å². The summed E-state index contributed by atoms with van der Waals surface area (Å²) in [6.07, 6.45) is 3.80. The Balaban J connectivity index is 1.52. The van der Waals surface area contributed by atoms with Crippen molar-refractivity contribution in [2.24, 2.45) is 9.98 Å². The maximum atomic E-state index is 5.38. The molecule has 5 aromatic carbocycles. The number of pyridine rings is 1. The highest BCUT2D eigenvalue weighted by molar-refractivity contribution is 6.17. The summed E-state index contributed by atoms with van der Waals surface area (Å²) < 4.78 is 2.45. The topological polar surface area (TPSA) is 42.5 Å². The van der Waals surface area contributed by atoms with Crippen LogP contribution in [-0.4, -0.2) is 22.1 Å². The Morgan fingerprint density at radius 1 is 0.659 bits per heavy atom. The van der Waals surface area contributed by atoms with E-state index in [-0.39, 0.29) is 0 Å². The second-order valence-corrected chi connectivity index (χ2v) is 11.3. The molecule has 0 fully saturated rings. The molecule has 0 amide bonds. The van der Waals surface area contributed by atoms with E-state index in [0.29, 0.717) is 5.84 Å². The molecule has 1 atom stereocenters. The van der Waals surface area contributed by atoms with Gasteiger partial charge in [0.15, 0.2) is 5.84 Å². The molecule has 2 aliphatic rings. The number of fused-ring (bicyclic) bond motifs is 9. The van der Waals surface area contributed by atoms with Gasteiger partial charge in [-0.05, 0) is 47.2 Å². The fourth-order valence-corrected chi connectivity index (χ4v) is 7.59. The number of aromatic nitrogens is 2. The van der Waals surface area contributed by atoms with Gasteiger partial charge in [0.05, 0.1) is 27.8 Å². The van der Waals surface area contributed by atoms with Gasteiger partial charge < -0.3 is 4.57 Å². The van der Waals surface area contributed by atoms with Crippen LogP contribution in [-0.2, 0) is 5.41 Å². The van der Waals surface area contributed by atoms with Gasteiger partial charge in [0, 0.05) is 39.9 Å². The van der Waals surface area contributed by atoms with Crippen LogP contribution in [0.15, 0.2) is 156 Å². The number of nitrogens with zero attached hydrogens (tertiary/aromatic N) is 4. The van der Waals surface area contributed by atoms with Crippen molar-refractivity contribution in [3.05, 3.63) is 179 Å². The number of allylic oxidation sites excluding steroid dienone is 1. The fourth-order valence-electron chi connectivity index (χ4n) is 7.59. The Labute approximate surface area is 255 Å². The molecule has 3 heterocycles. The zero-order valence-corrected chi connectivity index (χ0v) is 23.9. The van der Waals surface area contributed by atoms with Crippen molar-refractivity contribution < 1.29 is 0 Å². The van der Waals surface area contributed by atoms with E-state index in [0.717, 1.165) is 28.0 Å². The van der Waals surface area contributed by atoms with Gasteiger partial charge >= 0.3 is 0 Å². The van der Waals surface area contributed by atoms with Crippen molar-refractivity contribution in [3.63, 3.8) is 0 Å². The van der Waals surface area contributed by atoms with E-state index in [1.807, 2.05) is 48.8 Å². The van der Waals surface area contributed by atoms with E-state index in [1.165, 1.54) is 44.2 Å². The van der Waals surface area contributed by atoms with Gasteiger partial charge in [-0.3, -0.25) is 4.98 Å². The molecule has 9 rings (SSSR count). The first-order chi connectivity index (χ1) is 21.8. The van der Waals surface area contributed by atoms with Gasteiger partial charge in [-0.25, -0.2) is 9.98 Å². The Hall–Kier alpha value is -5.87. The maximum absolute atomic E-state index is 5.38. The number of hydrogen-bond donors (Lipinski definition) is 0. The van der Waals surface area contributed by atoms with Gasteiger partial charge in [0.2, 0.25) is 0 Å². The Bertz CT molecular complexity index is 2340. The summed E-state index contributed by atoms with van der Waals surface area (Å²) in [6, 6.07) is 47.3. The number of aliphatic imine (C=N–C) groups is 2. The van der Waals surface area contributed by atoms with Gasteiger partial charge in [-0.15, -0.1) is 0 Å². The van der Waals surface area contributed by atoms with Crippen LogP contribution in [0.1, 0.15) is 33.4 Å². The average molecular weight is 563 g/mol. The van der Waals surface area contributed by atoms with Crippen LogP contribution in [0.5, 0.6) is 0 Å². The summed E-state index contributed by atoms with van der Waals surface area (Å²) in [5.41, 5.74) is 11.6. The third kappa shape index (κ3) is 3.14. The Morgan fingerprint density at radius 3 is 2.23 bits per heavy atom. The van der Waals surface area contributed by atoms with Gasteiger partial charge in [0.1, 0.15) is 0 Å². The van der Waals surface area contributed by atoms with Crippen LogP contribution in [0.25, 0.3) is 38.8 Å². The lowest BCUT2D eigenvalue weighted by atomic mass is 9.63. The first-order valence-corrected chi connectivity index (χ1v) is 14.8. The molecule has 1 aliphatic carbocycles. The van der Waals surface area contributed by atoms with Crippen molar-refractivity contribution in [2.75, 3.05) is 0 Å². The van der Waals surface area contributed by atoms with Crippen molar-refractivity contribution in [1.82, 2.24) is 9.55 Å². The highest BCUT2D eigenvalue weighted by atomic mass is 15.0. The molecular formula is C40H26N4. The van der Waals surface area contributed by atoms with Gasteiger partial charge in [-0.2, -0.15) is 0 Å². The lowest BCUT2D eigenvalue weighted by molar-refractivity contribution is 0.788. The molecule has 7 aromatic rings. The van der Waals surface area contributed by atoms with Crippen LogP contribution < -0.4 is 0 Å². The van der Waals surface area contributed by atoms with Crippen molar-refractivity contribution >= 4 is 45.6 Å². The molecule has 1 aliphatic heterocycles. The molecule has 0 saturated heterocycles. The number of hydrogen-bond acceptors (Lipinski definition) is 2. The summed E-state index contributed by atoms with van der Waals surface area (Å²) in [5.74, 6) is 0.588. The van der Waals surface area contributed by atoms with E-state index < -0.39 is 5.41 Å². The highest BCUT2D eigenvalue weighted by Crippen LogP contribution is 2.62. The predicted octanol–water partition coefficient (Wildman–Crippen LogP) is 8.86. The second-order valence-electron chi connectivity index (χ2n) is 11.3. The Morgan fingerprint density at radius 2 is 1.39 bits per heavy atom. The summed E-state index contributed by atoms with van der Waals surface area (Å²) in [7, 11) is 0. The Kier molecular flexibility index (Phi) is 5.23. The molecule has 1 spiro atoms. The monoisotopic (exact) mass is 562 g/mol. The molecular weight excluding hydrogens is 536 g/mol. The minimum atomic E-state index is -0.651. The smallest absolute Gasteiger partial charge is 0.159 e. The van der Waals surface area contributed by atoms with Crippen LogP contribution in [0.3, 0.4) is 0 Å². The number of amidine groups is 1. The third-order valence-electron chi connectivity index (χ3n) is 9.20. The van der Waals surface area contributed by atoms with Crippen LogP contribution >= 0.6 is 0 Å². The number of benzene rings is 5. The molecule has 0 radical (unpaired) electrons. The normalized spacial score (nSPS) is 16.9. The summed E-state index contributed by atoms with van der Waals surface area (Å²) in [5, 5.41) is 2.49. The first-order valence-electron chi connectivity index (χ1n) is 14.8. The quantitative estimate of drug-likeness (QED) is 0.157. The molecule has 0 N–H and O–H groups in total. The van der Waals surface area contributed by atoms with Gasteiger partial charge in [-0.1, -0.05) is 115 Å². The zero-order valence-electron chi connectivity index (χ0n) is 23.9. The molecule has 4 heteroatoms. The van der Waals surface area contributed by atoms with E-state index in [2.05, 4.69) is 118 Å². The molecule has 44 heavy (non-hydrogen) atoms. The maximum Gasteiger partial charge on any atom is 0.159 e. The molecule has 206 valence electrons. The van der Waals surface area contributed by atoms with Crippen molar-refractivity contribution in [2.45, 2.75) is 5.41 Å². The summed E-state index contributed by atoms with van der Waals surface area (Å²) in [4.78, 5) is 14.5. The molecule has 0 saturated carbocycles. The van der Waals surface area contributed by atoms with Crippen LogP contribution in [0, 0.1) is 0 Å². The summed E-state index contributed by atoms with van der Waals surface area (Å²) >= 11 is 0. The average Bonchev–Trinajstić information content (AvgIpc) is 3.58. The van der Waals surface area contributed by atoms with Crippen molar-refractivity contribution in [1.29, 1.82) is 0 Å². The molecule has 0 bridgehead atoms. The SMILES string of the molecule is C=N/C(=N\C1=C(c2cccnc2)C2(c3ccccc31)c1ccccc1-n1c3ccccc3c3cccc2c31)c1ccccc1. The molecule has 2 aromatic heterocycles. The first kappa shape index (κ1) is 24.7. The number of rotatable bonds is 3.